The molecule has 0 spiro atoms. The first-order chi connectivity index (χ1) is 9.04. The molecule has 1 aromatic rings. The molecule has 1 atom stereocenters. The zero-order valence-electron chi connectivity index (χ0n) is 10.4. The SMILES string of the molecule is CCOC(=O)C1CN(c2cccc(Cl)c2Cl)CC1=O. The smallest absolute Gasteiger partial charge is 0.318 e. The van der Waals surface area contributed by atoms with Crippen LogP contribution < -0.4 is 4.90 Å². The summed E-state index contributed by atoms with van der Waals surface area (Å²) in [6, 6.07) is 5.20. The second-order valence-electron chi connectivity index (χ2n) is 4.22. The Labute approximate surface area is 121 Å². The molecule has 0 aromatic heterocycles. The number of Topliss-reactive ketones (excluding diaryl/α,β-unsaturated/α-hetero) is 1. The Morgan fingerprint density at radius 3 is 2.89 bits per heavy atom. The normalized spacial score (nSPS) is 18.8. The van der Waals surface area contributed by atoms with Crippen molar-refractivity contribution in [3.05, 3.63) is 28.2 Å². The number of benzene rings is 1. The van der Waals surface area contributed by atoms with E-state index in [2.05, 4.69) is 0 Å². The van der Waals surface area contributed by atoms with E-state index in [4.69, 9.17) is 27.9 Å². The summed E-state index contributed by atoms with van der Waals surface area (Å²) in [5, 5.41) is 0.813. The minimum Gasteiger partial charge on any atom is -0.465 e. The van der Waals surface area contributed by atoms with Gasteiger partial charge in [0, 0.05) is 6.54 Å². The molecule has 0 saturated carbocycles. The first-order valence-electron chi connectivity index (χ1n) is 5.93. The van der Waals surface area contributed by atoms with E-state index in [9.17, 15) is 9.59 Å². The highest BCUT2D eigenvalue weighted by Gasteiger charge is 2.37. The van der Waals surface area contributed by atoms with Gasteiger partial charge in [-0.25, -0.2) is 0 Å². The van der Waals surface area contributed by atoms with Crippen LogP contribution in [-0.2, 0) is 14.3 Å². The zero-order chi connectivity index (χ0) is 14.0. The van der Waals surface area contributed by atoms with Gasteiger partial charge in [0.15, 0.2) is 5.78 Å². The number of nitrogens with zero attached hydrogens (tertiary/aromatic N) is 1. The van der Waals surface area contributed by atoms with Crippen molar-refractivity contribution >= 4 is 40.6 Å². The number of rotatable bonds is 3. The lowest BCUT2D eigenvalue weighted by Gasteiger charge is -2.19. The van der Waals surface area contributed by atoms with E-state index in [0.29, 0.717) is 15.7 Å². The predicted molar refractivity (Wildman–Crippen MR) is 73.8 cm³/mol. The van der Waals surface area contributed by atoms with E-state index in [1.807, 2.05) is 0 Å². The summed E-state index contributed by atoms with van der Waals surface area (Å²) in [5.74, 6) is -1.38. The number of esters is 1. The molecule has 1 saturated heterocycles. The summed E-state index contributed by atoms with van der Waals surface area (Å²) < 4.78 is 4.89. The number of carbonyl (C=O) groups excluding carboxylic acids is 2. The van der Waals surface area contributed by atoms with Crippen LogP contribution in [0.2, 0.25) is 10.0 Å². The Bertz CT molecular complexity index is 519. The molecule has 0 aliphatic carbocycles. The van der Waals surface area contributed by atoms with Crippen LogP contribution in [-0.4, -0.2) is 31.4 Å². The van der Waals surface area contributed by atoms with Crippen LogP contribution in [0, 0.1) is 5.92 Å². The molecule has 1 aliphatic heterocycles. The van der Waals surface area contributed by atoms with E-state index < -0.39 is 11.9 Å². The Balaban J connectivity index is 2.19. The fourth-order valence-electron chi connectivity index (χ4n) is 2.05. The van der Waals surface area contributed by atoms with Gasteiger partial charge in [-0.05, 0) is 19.1 Å². The Hall–Kier alpha value is -1.26. The van der Waals surface area contributed by atoms with Crippen LogP contribution in [0.3, 0.4) is 0 Å². The van der Waals surface area contributed by atoms with Gasteiger partial charge in [0.25, 0.3) is 0 Å². The van der Waals surface area contributed by atoms with E-state index in [1.54, 1.807) is 30.0 Å². The van der Waals surface area contributed by atoms with Crippen molar-refractivity contribution < 1.29 is 14.3 Å². The van der Waals surface area contributed by atoms with Gasteiger partial charge < -0.3 is 9.64 Å². The number of hydrogen-bond acceptors (Lipinski definition) is 4. The minimum atomic E-state index is -0.741. The third-order valence-corrected chi connectivity index (χ3v) is 3.79. The van der Waals surface area contributed by atoms with Gasteiger partial charge in [-0.1, -0.05) is 29.3 Å². The first kappa shape index (κ1) is 14.2. The summed E-state index contributed by atoms with van der Waals surface area (Å²) in [7, 11) is 0. The predicted octanol–water partition coefficient (Wildman–Crippen LogP) is 2.56. The lowest BCUT2D eigenvalue weighted by molar-refractivity contribution is -0.149. The molecule has 0 amide bonds. The number of ether oxygens (including phenoxy) is 1. The molecule has 2 rings (SSSR count). The van der Waals surface area contributed by atoms with Crippen LogP contribution >= 0.6 is 23.2 Å². The highest BCUT2D eigenvalue weighted by atomic mass is 35.5. The van der Waals surface area contributed by atoms with Crippen LogP contribution in [0.15, 0.2) is 18.2 Å². The number of hydrogen-bond donors (Lipinski definition) is 0. The molecule has 1 fully saturated rings. The van der Waals surface area contributed by atoms with Crippen molar-refractivity contribution in [2.24, 2.45) is 5.92 Å². The van der Waals surface area contributed by atoms with Gasteiger partial charge in [0.2, 0.25) is 0 Å². The molecular weight excluding hydrogens is 289 g/mol. The number of anilines is 1. The van der Waals surface area contributed by atoms with Gasteiger partial charge in [-0.3, -0.25) is 9.59 Å². The molecule has 6 heteroatoms. The maximum atomic E-state index is 11.9. The van der Waals surface area contributed by atoms with Crippen LogP contribution in [0.4, 0.5) is 5.69 Å². The average molecular weight is 302 g/mol. The van der Waals surface area contributed by atoms with Gasteiger partial charge in [-0.15, -0.1) is 0 Å². The van der Waals surface area contributed by atoms with Crippen LogP contribution in [0.5, 0.6) is 0 Å². The Kier molecular flexibility index (Phi) is 4.32. The molecule has 19 heavy (non-hydrogen) atoms. The monoisotopic (exact) mass is 301 g/mol. The van der Waals surface area contributed by atoms with Crippen molar-refractivity contribution in [3.8, 4) is 0 Å². The minimum absolute atomic E-state index is 0.142. The fourth-order valence-corrected chi connectivity index (χ4v) is 2.47. The summed E-state index contributed by atoms with van der Waals surface area (Å²) in [5.41, 5.74) is 0.661. The van der Waals surface area contributed by atoms with E-state index >= 15 is 0 Å². The Morgan fingerprint density at radius 1 is 1.47 bits per heavy atom. The van der Waals surface area contributed by atoms with Crippen LogP contribution in [0.25, 0.3) is 0 Å². The first-order valence-corrected chi connectivity index (χ1v) is 6.68. The Morgan fingerprint density at radius 2 is 2.21 bits per heavy atom. The zero-order valence-corrected chi connectivity index (χ0v) is 11.9. The number of carbonyl (C=O) groups is 2. The summed E-state index contributed by atoms with van der Waals surface area (Å²) in [4.78, 5) is 25.3. The summed E-state index contributed by atoms with van der Waals surface area (Å²) >= 11 is 12.1. The molecule has 4 nitrogen and oxygen atoms in total. The van der Waals surface area contributed by atoms with Crippen molar-refractivity contribution in [2.75, 3.05) is 24.6 Å². The standard InChI is InChI=1S/C13H13Cl2NO3/c1-2-19-13(18)8-6-16(7-11(8)17)10-5-3-4-9(14)12(10)15/h3-5,8H,2,6-7H2,1H3. The molecule has 102 valence electrons. The van der Waals surface area contributed by atoms with Crippen LogP contribution in [0.1, 0.15) is 6.92 Å². The molecule has 1 unspecified atom stereocenters. The van der Waals surface area contributed by atoms with Gasteiger partial charge >= 0.3 is 5.97 Å². The molecule has 0 bridgehead atoms. The summed E-state index contributed by atoms with van der Waals surface area (Å²) in [6.07, 6.45) is 0. The lowest BCUT2D eigenvalue weighted by atomic mass is 10.1. The molecular formula is C13H13Cl2NO3. The average Bonchev–Trinajstić information content (AvgIpc) is 2.75. The molecule has 1 aromatic carbocycles. The van der Waals surface area contributed by atoms with Gasteiger partial charge in [-0.2, -0.15) is 0 Å². The highest BCUT2D eigenvalue weighted by Crippen LogP contribution is 2.34. The largest absolute Gasteiger partial charge is 0.465 e. The second kappa shape index (κ2) is 5.80. The van der Waals surface area contributed by atoms with E-state index in [1.165, 1.54) is 0 Å². The van der Waals surface area contributed by atoms with E-state index in [-0.39, 0.29) is 25.5 Å². The summed E-state index contributed by atoms with van der Waals surface area (Å²) in [6.45, 7) is 2.39. The fraction of sp³-hybridized carbons (Fsp3) is 0.385. The lowest BCUT2D eigenvalue weighted by Crippen LogP contribution is -2.25. The van der Waals surface area contributed by atoms with Crippen molar-refractivity contribution in [3.63, 3.8) is 0 Å². The number of ketones is 1. The highest BCUT2D eigenvalue weighted by molar-refractivity contribution is 6.43. The molecule has 1 aliphatic rings. The maximum absolute atomic E-state index is 11.9. The molecule has 0 radical (unpaired) electrons. The quantitative estimate of drug-likeness (QED) is 0.636. The van der Waals surface area contributed by atoms with Gasteiger partial charge in [0.05, 0.1) is 28.9 Å². The van der Waals surface area contributed by atoms with Crippen molar-refractivity contribution in [1.82, 2.24) is 0 Å². The van der Waals surface area contributed by atoms with E-state index in [0.717, 1.165) is 0 Å². The molecule has 1 heterocycles. The van der Waals surface area contributed by atoms with Gasteiger partial charge in [0.1, 0.15) is 5.92 Å². The number of halogens is 2. The third kappa shape index (κ3) is 2.85. The topological polar surface area (TPSA) is 46.6 Å². The second-order valence-corrected chi connectivity index (χ2v) is 5.01. The van der Waals surface area contributed by atoms with Crippen molar-refractivity contribution in [2.45, 2.75) is 6.92 Å². The molecule has 0 N–H and O–H groups in total. The third-order valence-electron chi connectivity index (χ3n) is 2.98. The maximum Gasteiger partial charge on any atom is 0.318 e. The van der Waals surface area contributed by atoms with Crippen molar-refractivity contribution in [1.29, 1.82) is 0 Å².